The zero-order valence-corrected chi connectivity index (χ0v) is 24.5. The molecule has 0 amide bonds. The molecule has 7 nitrogen and oxygen atoms in total. The molecule has 0 bridgehead atoms. The highest BCUT2D eigenvalue weighted by Gasteiger charge is 2.54. The molecule has 0 unspecified atom stereocenters. The minimum absolute atomic E-state index is 0.0199. The summed E-state index contributed by atoms with van der Waals surface area (Å²) in [5.41, 5.74) is 4.85. The summed E-state index contributed by atoms with van der Waals surface area (Å²) in [5, 5.41) is 0. The van der Waals surface area contributed by atoms with E-state index in [-0.39, 0.29) is 18.8 Å². The maximum Gasteiger partial charge on any atom is 0.324 e. The first kappa shape index (κ1) is 28.1. The van der Waals surface area contributed by atoms with Crippen molar-refractivity contribution < 1.29 is 33.0 Å². The highest BCUT2D eigenvalue weighted by atomic mass is 16.5. The summed E-state index contributed by atoms with van der Waals surface area (Å²) in [6.07, 6.45) is 4.35. The number of furan rings is 1. The van der Waals surface area contributed by atoms with Gasteiger partial charge in [-0.2, -0.15) is 0 Å². The number of carbonyl (C=O) groups excluding carboxylic acids is 2. The van der Waals surface area contributed by atoms with E-state index >= 15 is 0 Å². The van der Waals surface area contributed by atoms with Crippen LogP contribution in [0.25, 0.3) is 22.5 Å². The van der Waals surface area contributed by atoms with Crippen LogP contribution in [0.4, 0.5) is 0 Å². The molecule has 0 saturated carbocycles. The van der Waals surface area contributed by atoms with E-state index in [1.54, 1.807) is 14.2 Å². The Bertz CT molecular complexity index is 1730. The van der Waals surface area contributed by atoms with Crippen molar-refractivity contribution in [3.63, 3.8) is 0 Å². The fraction of sp³-hybridized carbons (Fsp3) is 0.222. The van der Waals surface area contributed by atoms with Gasteiger partial charge >= 0.3 is 11.9 Å². The molecule has 0 N–H and O–H groups in total. The highest BCUT2D eigenvalue weighted by molar-refractivity contribution is 6.04. The lowest BCUT2D eigenvalue weighted by Gasteiger charge is -2.32. The van der Waals surface area contributed by atoms with Gasteiger partial charge in [0.15, 0.2) is 16.9 Å². The Morgan fingerprint density at radius 2 is 1.42 bits per heavy atom. The number of allylic oxidation sites excluding steroid dienone is 4. The number of hydrogen-bond acceptors (Lipinski definition) is 7. The molecule has 4 aromatic rings. The Kier molecular flexibility index (Phi) is 7.40. The summed E-state index contributed by atoms with van der Waals surface area (Å²) in [4.78, 5) is 26.8. The van der Waals surface area contributed by atoms with E-state index in [4.69, 9.17) is 23.4 Å². The fourth-order valence-corrected chi connectivity index (χ4v) is 6.32. The molecule has 218 valence electrons. The van der Waals surface area contributed by atoms with Crippen molar-refractivity contribution in [1.82, 2.24) is 0 Å². The van der Waals surface area contributed by atoms with E-state index in [1.807, 2.05) is 72.8 Å². The molecule has 0 fully saturated rings. The molecule has 0 radical (unpaired) electrons. The van der Waals surface area contributed by atoms with Crippen molar-refractivity contribution in [2.24, 2.45) is 5.41 Å². The average molecular weight is 577 g/mol. The molecular formula is C36H32O7. The van der Waals surface area contributed by atoms with E-state index in [0.717, 1.165) is 39.0 Å². The van der Waals surface area contributed by atoms with Gasteiger partial charge in [0.05, 0.1) is 28.4 Å². The minimum Gasteiger partial charge on any atom is -0.493 e. The number of rotatable bonds is 7. The SMILES string of the molecule is COC(=O)C1(C(=O)OC)CC2=CC(c3ccc(OC)c(OC)c3)=C[C@@H](c3ccccc3)c3c(-c4ccccc4)oc(c32)C1. The zero-order valence-electron chi connectivity index (χ0n) is 24.5. The van der Waals surface area contributed by atoms with E-state index in [1.165, 1.54) is 14.2 Å². The van der Waals surface area contributed by atoms with Gasteiger partial charge in [-0.1, -0.05) is 78.9 Å². The standard InChI is InChI=1S/C36H32O7/c1-39-28-16-15-24(19-29(28)40-2)25-17-26-20-36(34(37)41-3,35(38)42-4)21-30-31(26)32(27(18-25)22-11-7-5-8-12-22)33(43-30)23-13-9-6-10-14-23/h5-19,27H,20-21H2,1-4H3/t27-/m0/s1. The third-order valence-electron chi connectivity index (χ3n) is 8.34. The minimum atomic E-state index is -1.60. The van der Waals surface area contributed by atoms with Crippen LogP contribution < -0.4 is 9.47 Å². The van der Waals surface area contributed by atoms with Gasteiger partial charge in [-0.25, -0.2) is 0 Å². The number of hydrogen-bond donors (Lipinski definition) is 0. The Morgan fingerprint density at radius 3 is 2.05 bits per heavy atom. The third-order valence-corrected chi connectivity index (χ3v) is 8.34. The van der Waals surface area contributed by atoms with Crippen molar-refractivity contribution in [2.45, 2.75) is 18.8 Å². The van der Waals surface area contributed by atoms with Crippen LogP contribution in [0.15, 0.2) is 95.4 Å². The molecular weight excluding hydrogens is 544 g/mol. The monoisotopic (exact) mass is 576 g/mol. The molecule has 0 aliphatic heterocycles. The first-order valence-corrected chi connectivity index (χ1v) is 14.0. The highest BCUT2D eigenvalue weighted by Crippen LogP contribution is 2.54. The van der Waals surface area contributed by atoms with Gasteiger partial charge in [-0.05, 0) is 34.4 Å². The van der Waals surface area contributed by atoms with Crippen molar-refractivity contribution >= 4 is 23.1 Å². The van der Waals surface area contributed by atoms with Gasteiger partial charge in [0.2, 0.25) is 0 Å². The Labute approximate surface area is 250 Å². The number of esters is 2. The fourth-order valence-electron chi connectivity index (χ4n) is 6.32. The molecule has 1 aromatic heterocycles. The van der Waals surface area contributed by atoms with Crippen LogP contribution in [0.2, 0.25) is 0 Å². The maximum absolute atomic E-state index is 13.4. The second-order valence-corrected chi connectivity index (χ2v) is 10.7. The molecule has 7 heteroatoms. The Hall–Kier alpha value is -5.04. The predicted molar refractivity (Wildman–Crippen MR) is 163 cm³/mol. The lowest BCUT2D eigenvalue weighted by atomic mass is 9.70. The van der Waals surface area contributed by atoms with Gasteiger partial charge in [0.1, 0.15) is 11.5 Å². The van der Waals surface area contributed by atoms with Crippen molar-refractivity contribution in [1.29, 1.82) is 0 Å². The molecule has 2 aliphatic carbocycles. The molecule has 0 saturated heterocycles. The summed E-state index contributed by atoms with van der Waals surface area (Å²) in [6, 6.07) is 25.9. The van der Waals surface area contributed by atoms with Crippen molar-refractivity contribution in [3.8, 4) is 22.8 Å². The van der Waals surface area contributed by atoms with Crippen molar-refractivity contribution in [2.75, 3.05) is 28.4 Å². The molecule has 1 atom stereocenters. The smallest absolute Gasteiger partial charge is 0.324 e. The van der Waals surface area contributed by atoms with Crippen LogP contribution >= 0.6 is 0 Å². The molecule has 3 aromatic carbocycles. The van der Waals surface area contributed by atoms with Gasteiger partial charge < -0.3 is 23.4 Å². The number of ether oxygens (including phenoxy) is 4. The van der Waals surface area contributed by atoms with Gasteiger partial charge in [-0.15, -0.1) is 0 Å². The molecule has 43 heavy (non-hydrogen) atoms. The molecule has 2 aliphatic rings. The van der Waals surface area contributed by atoms with Crippen LogP contribution in [0.1, 0.15) is 40.4 Å². The van der Waals surface area contributed by atoms with Gasteiger partial charge in [-0.3, -0.25) is 9.59 Å². The lowest BCUT2D eigenvalue weighted by molar-refractivity contribution is -0.169. The summed E-state index contributed by atoms with van der Waals surface area (Å²) < 4.78 is 28.2. The Morgan fingerprint density at radius 1 is 0.767 bits per heavy atom. The van der Waals surface area contributed by atoms with E-state index in [2.05, 4.69) is 18.2 Å². The molecule has 1 heterocycles. The molecule has 6 rings (SSSR count). The topological polar surface area (TPSA) is 84.2 Å². The predicted octanol–water partition coefficient (Wildman–Crippen LogP) is 6.85. The largest absolute Gasteiger partial charge is 0.493 e. The Balaban J connectivity index is 1.67. The van der Waals surface area contributed by atoms with Crippen LogP contribution in [-0.4, -0.2) is 40.4 Å². The van der Waals surface area contributed by atoms with Gasteiger partial charge in [0, 0.05) is 35.4 Å². The average Bonchev–Trinajstić information content (AvgIpc) is 3.35. The van der Waals surface area contributed by atoms with E-state index < -0.39 is 17.4 Å². The maximum atomic E-state index is 13.4. The molecule has 0 spiro atoms. The van der Waals surface area contributed by atoms with Crippen molar-refractivity contribution in [3.05, 3.63) is 119 Å². The summed E-state index contributed by atoms with van der Waals surface area (Å²) in [6.45, 7) is 0. The van der Waals surface area contributed by atoms with Crippen LogP contribution in [0, 0.1) is 5.41 Å². The number of methoxy groups -OCH3 is 4. The van der Waals surface area contributed by atoms with Crippen LogP contribution in [0.3, 0.4) is 0 Å². The summed E-state index contributed by atoms with van der Waals surface area (Å²) >= 11 is 0. The van der Waals surface area contributed by atoms with E-state index in [0.29, 0.717) is 23.0 Å². The summed E-state index contributed by atoms with van der Waals surface area (Å²) in [5.74, 6) is 0.922. The second-order valence-electron chi connectivity index (χ2n) is 10.7. The van der Waals surface area contributed by atoms with E-state index in [9.17, 15) is 9.59 Å². The number of carbonyl (C=O) groups is 2. The quantitative estimate of drug-likeness (QED) is 0.176. The first-order valence-electron chi connectivity index (χ1n) is 14.0. The number of benzene rings is 3. The second kappa shape index (κ2) is 11.3. The van der Waals surface area contributed by atoms with Crippen LogP contribution in [-0.2, 0) is 25.5 Å². The first-order chi connectivity index (χ1) is 20.9. The van der Waals surface area contributed by atoms with Gasteiger partial charge in [0.25, 0.3) is 0 Å². The normalized spacial score (nSPS) is 16.6. The zero-order chi connectivity index (χ0) is 30.1. The van der Waals surface area contributed by atoms with Crippen LogP contribution in [0.5, 0.6) is 11.5 Å². The lowest BCUT2D eigenvalue weighted by Crippen LogP contribution is -2.45. The third kappa shape index (κ3) is 4.71. The summed E-state index contributed by atoms with van der Waals surface area (Å²) in [7, 11) is 5.77.